The first kappa shape index (κ1) is 59.3. The van der Waals surface area contributed by atoms with Crippen LogP contribution in [0.2, 0.25) is 5.02 Å². The number of methoxy groups -OCH3 is 1. The van der Waals surface area contributed by atoms with Crippen molar-refractivity contribution in [1.29, 1.82) is 0 Å². The van der Waals surface area contributed by atoms with Crippen LogP contribution in [0.1, 0.15) is 110 Å². The molecule has 0 radical (unpaired) electrons. The summed E-state index contributed by atoms with van der Waals surface area (Å²) in [6.07, 6.45) is 11.9. The first-order chi connectivity index (χ1) is 35.6. The molecule has 74 heavy (non-hydrogen) atoms. The highest BCUT2D eigenvalue weighted by Crippen LogP contribution is 2.28. The Kier molecular flexibility index (Phi) is 25.1. The van der Waals surface area contributed by atoms with Crippen LogP contribution >= 0.6 is 11.6 Å². The topological polar surface area (TPSA) is 257 Å². The molecule has 2 saturated heterocycles. The first-order valence-corrected chi connectivity index (χ1v) is 27.2. The number of likely N-dealkylation sites (N-methyl/N-ethyl adjacent to an activating group) is 1. The van der Waals surface area contributed by atoms with Gasteiger partial charge in [0.25, 0.3) is 5.91 Å². The maximum atomic E-state index is 13.7. The van der Waals surface area contributed by atoms with Crippen LogP contribution in [0.5, 0.6) is 5.75 Å². The number of hydrogen-bond donors (Lipinski definition) is 5. The second kappa shape index (κ2) is 31.4. The molecule has 3 aromatic rings. The van der Waals surface area contributed by atoms with E-state index in [1.807, 2.05) is 18.9 Å². The van der Waals surface area contributed by atoms with Crippen molar-refractivity contribution in [2.45, 2.75) is 113 Å². The van der Waals surface area contributed by atoms with Crippen LogP contribution in [0, 0.1) is 0 Å². The Hall–Kier alpha value is -5.55. The molecule has 2 atom stereocenters. The van der Waals surface area contributed by atoms with Crippen molar-refractivity contribution in [3.05, 3.63) is 82.7 Å². The van der Waals surface area contributed by atoms with E-state index in [4.69, 9.17) is 30.5 Å². The van der Waals surface area contributed by atoms with E-state index < -0.39 is 21.8 Å². The number of carbonyl (C=O) groups is 6. The molecular formula is C52H73ClN8O12S. The first-order valence-electron chi connectivity index (χ1n) is 25.4. The lowest BCUT2D eigenvalue weighted by Crippen LogP contribution is -2.46. The standard InChI is InChI=1S/C52H73ClN8O12S/c1-37-45(58-52(67)55-37)18-6-4-5-13-41(62)14-10-28-71-30-32-73-33-31-72-29-11-15-42(63)23-25-60(2)24-9-20-48(65)56-40-12-7-16-43(35-40)74(68,69)61-26-21-39(22-27-61)57-51(66)50-38(36-54-59-50)34-46(64)49-44(53)17-8-19-47(49)70-3/h7-9,12,16-17,19-20,35-37,39,45H,4-6,10-11,13-15,18,21-34H2,1-3H3,(H,54,59)(H,56,65)(H,57,66)(H2,55,58,67)/b20-9+/t37-,45+/m0/s1. The van der Waals surface area contributed by atoms with Crippen LogP contribution in [-0.4, -0.2) is 161 Å². The monoisotopic (exact) mass is 1070 g/mol. The summed E-state index contributed by atoms with van der Waals surface area (Å²) >= 11 is 6.28. The number of benzene rings is 2. The lowest BCUT2D eigenvalue weighted by molar-refractivity contribution is -0.120. The molecule has 2 aliphatic rings. The molecule has 5 rings (SSSR count). The molecule has 22 heteroatoms. The number of halogens is 1. The summed E-state index contributed by atoms with van der Waals surface area (Å²) in [7, 11) is -0.637. The van der Waals surface area contributed by atoms with Gasteiger partial charge in [-0.2, -0.15) is 9.40 Å². The molecule has 0 spiro atoms. The normalized spacial score (nSPS) is 16.3. The number of aromatic amines is 1. The van der Waals surface area contributed by atoms with Crippen LogP contribution in [0.4, 0.5) is 10.5 Å². The van der Waals surface area contributed by atoms with Gasteiger partial charge in [-0.3, -0.25) is 29.1 Å². The van der Waals surface area contributed by atoms with E-state index in [0.29, 0.717) is 121 Å². The molecule has 2 aliphatic heterocycles. The maximum absolute atomic E-state index is 13.7. The number of Topliss-reactive ketones (excluding diaryl/α,β-unsaturated/α-hetero) is 3. The second-order valence-corrected chi connectivity index (χ2v) is 20.8. The van der Waals surface area contributed by atoms with Gasteiger partial charge in [-0.15, -0.1) is 0 Å². The van der Waals surface area contributed by atoms with Gasteiger partial charge in [0, 0.05) is 101 Å². The van der Waals surface area contributed by atoms with Gasteiger partial charge in [0.2, 0.25) is 15.9 Å². The van der Waals surface area contributed by atoms with Crippen LogP contribution in [0.3, 0.4) is 0 Å². The van der Waals surface area contributed by atoms with Gasteiger partial charge in [0.15, 0.2) is 5.78 Å². The third-order valence-corrected chi connectivity index (χ3v) is 14.9. The highest BCUT2D eigenvalue weighted by molar-refractivity contribution is 7.89. The Bertz CT molecular complexity index is 2460. The van der Waals surface area contributed by atoms with E-state index in [-0.39, 0.29) is 82.2 Å². The number of ketones is 3. The predicted molar refractivity (Wildman–Crippen MR) is 279 cm³/mol. The van der Waals surface area contributed by atoms with Gasteiger partial charge in [-0.25, -0.2) is 13.2 Å². The van der Waals surface area contributed by atoms with E-state index in [1.165, 1.54) is 35.8 Å². The Morgan fingerprint density at radius 1 is 0.865 bits per heavy atom. The molecule has 20 nitrogen and oxygen atoms in total. The van der Waals surface area contributed by atoms with Crippen LogP contribution in [0.25, 0.3) is 0 Å². The lowest BCUT2D eigenvalue weighted by atomic mass is 10.0. The molecule has 2 aromatic carbocycles. The summed E-state index contributed by atoms with van der Waals surface area (Å²) < 4.78 is 50.7. The quantitative estimate of drug-likeness (QED) is 0.0271. The lowest BCUT2D eigenvalue weighted by Gasteiger charge is -2.31. The predicted octanol–water partition coefficient (Wildman–Crippen LogP) is 5.67. The molecule has 0 saturated carbocycles. The van der Waals surface area contributed by atoms with Crippen LogP contribution in [0.15, 0.2) is 65.7 Å². The van der Waals surface area contributed by atoms with Gasteiger partial charge in [-0.1, -0.05) is 42.7 Å². The van der Waals surface area contributed by atoms with Crippen molar-refractivity contribution in [1.82, 2.24) is 35.4 Å². The summed E-state index contributed by atoms with van der Waals surface area (Å²) in [5, 5.41) is 18.3. The summed E-state index contributed by atoms with van der Waals surface area (Å²) in [5.74, 6) is -0.563. The molecule has 3 heterocycles. The van der Waals surface area contributed by atoms with Crippen molar-refractivity contribution in [3.63, 3.8) is 0 Å². The van der Waals surface area contributed by atoms with Gasteiger partial charge in [-0.05, 0) is 82.8 Å². The number of anilines is 1. The van der Waals surface area contributed by atoms with Crippen LogP contribution < -0.4 is 26.0 Å². The highest BCUT2D eigenvalue weighted by atomic mass is 35.5. The fourth-order valence-corrected chi connectivity index (χ4v) is 10.3. The summed E-state index contributed by atoms with van der Waals surface area (Å²) in [5.41, 5.74) is 1.02. The number of nitrogens with zero attached hydrogens (tertiary/aromatic N) is 3. The Balaban J connectivity index is 0.861. The van der Waals surface area contributed by atoms with Gasteiger partial charge in [0.1, 0.15) is 23.0 Å². The summed E-state index contributed by atoms with van der Waals surface area (Å²) in [6.45, 7) is 5.89. The van der Waals surface area contributed by atoms with E-state index in [2.05, 4.69) is 31.5 Å². The number of unbranched alkanes of at least 4 members (excludes halogenated alkanes) is 2. The van der Waals surface area contributed by atoms with E-state index >= 15 is 0 Å². The minimum Gasteiger partial charge on any atom is -0.496 e. The zero-order valence-corrected chi connectivity index (χ0v) is 44.4. The SMILES string of the molecule is COc1cccc(Cl)c1C(=O)Cc1cn[nH]c1C(=O)NC1CCN(S(=O)(=O)c2cccc(NC(=O)/C=C/CN(C)CCC(=O)CCCOCCOCCOCCCC(=O)CCCCC[C@H]3NC(=O)N[C@H]3C)c2)CC1. The molecule has 406 valence electrons. The fourth-order valence-electron chi connectivity index (χ4n) is 8.52. The molecule has 0 aliphatic carbocycles. The number of sulfonamides is 1. The third kappa shape index (κ3) is 19.9. The molecule has 1 aromatic heterocycles. The van der Waals surface area contributed by atoms with Crippen molar-refractivity contribution in [2.24, 2.45) is 0 Å². The number of H-pyrrole nitrogens is 1. The van der Waals surface area contributed by atoms with E-state index in [1.54, 1.807) is 36.4 Å². The van der Waals surface area contributed by atoms with E-state index in [0.717, 1.165) is 25.7 Å². The second-order valence-electron chi connectivity index (χ2n) is 18.5. The molecule has 0 unspecified atom stereocenters. The molecule has 4 amide bonds. The van der Waals surface area contributed by atoms with Gasteiger partial charge < -0.3 is 45.1 Å². The number of ether oxygens (including phenoxy) is 4. The third-order valence-electron chi connectivity index (χ3n) is 12.7. The van der Waals surface area contributed by atoms with E-state index in [9.17, 15) is 37.2 Å². The Morgan fingerprint density at radius 2 is 1.53 bits per heavy atom. The van der Waals surface area contributed by atoms with Gasteiger partial charge >= 0.3 is 6.03 Å². The minimum absolute atomic E-state index is 0.0190. The molecular weight excluding hydrogens is 996 g/mol. The number of hydrogen-bond acceptors (Lipinski definition) is 14. The number of urea groups is 1. The minimum atomic E-state index is -3.92. The average molecular weight is 1070 g/mol. The number of piperidine rings is 1. The number of carbonyl (C=O) groups excluding carboxylic acids is 6. The number of rotatable bonds is 35. The molecule has 5 N–H and O–H groups in total. The zero-order valence-electron chi connectivity index (χ0n) is 42.8. The van der Waals surface area contributed by atoms with Crippen LogP contribution in [-0.2, 0) is 45.0 Å². The smallest absolute Gasteiger partial charge is 0.315 e. The summed E-state index contributed by atoms with van der Waals surface area (Å²) in [4.78, 5) is 77.1. The Labute approximate surface area is 439 Å². The molecule has 2 fully saturated rings. The fraction of sp³-hybridized carbons (Fsp3) is 0.558. The maximum Gasteiger partial charge on any atom is 0.315 e. The number of aromatic nitrogens is 2. The largest absolute Gasteiger partial charge is 0.496 e. The molecule has 0 bridgehead atoms. The summed E-state index contributed by atoms with van der Waals surface area (Å²) in [6, 6.07) is 10.8. The highest BCUT2D eigenvalue weighted by Gasteiger charge is 2.32. The van der Waals surface area contributed by atoms with Crippen molar-refractivity contribution >= 4 is 62.5 Å². The van der Waals surface area contributed by atoms with Crippen molar-refractivity contribution < 1.29 is 56.1 Å². The van der Waals surface area contributed by atoms with Crippen molar-refractivity contribution in [2.75, 3.05) is 85.3 Å². The zero-order chi connectivity index (χ0) is 53.3. The number of amides is 4. The Morgan fingerprint density at radius 3 is 2.20 bits per heavy atom. The van der Waals surface area contributed by atoms with Gasteiger partial charge in [0.05, 0.1) is 61.3 Å². The average Bonchev–Trinajstić information content (AvgIpc) is 3.98. The number of nitrogens with one attached hydrogen (secondary N) is 5. The van der Waals surface area contributed by atoms with Crippen molar-refractivity contribution in [3.8, 4) is 5.75 Å².